The van der Waals surface area contributed by atoms with Gasteiger partial charge in [0.25, 0.3) is 0 Å². The van der Waals surface area contributed by atoms with E-state index in [4.69, 9.17) is 27.6 Å². The van der Waals surface area contributed by atoms with E-state index in [2.05, 4.69) is 5.32 Å². The van der Waals surface area contributed by atoms with Crippen molar-refractivity contribution < 1.29 is 13.6 Å². The Morgan fingerprint density at radius 3 is 2.50 bits per heavy atom. The molecule has 6 heteroatoms. The fourth-order valence-electron chi connectivity index (χ4n) is 2.96. The van der Waals surface area contributed by atoms with E-state index in [-0.39, 0.29) is 11.5 Å². The van der Waals surface area contributed by atoms with Crippen LogP contribution in [-0.2, 0) is 6.54 Å². The van der Waals surface area contributed by atoms with Crippen LogP contribution in [0.4, 0.5) is 10.1 Å². The van der Waals surface area contributed by atoms with Gasteiger partial charge in [0.2, 0.25) is 5.78 Å². The molecule has 4 aromatic rings. The first-order valence-corrected chi connectivity index (χ1v) is 9.28. The highest BCUT2D eigenvalue weighted by atomic mass is 35.5. The zero-order chi connectivity index (χ0) is 19.7. The molecule has 0 saturated carbocycles. The van der Waals surface area contributed by atoms with Gasteiger partial charge in [-0.25, -0.2) is 4.39 Å². The Balaban J connectivity index is 1.72. The van der Waals surface area contributed by atoms with E-state index in [1.807, 2.05) is 24.3 Å². The number of anilines is 1. The number of para-hydroxylation sites is 1. The number of fused-ring (bicyclic) bond motifs is 1. The van der Waals surface area contributed by atoms with Gasteiger partial charge in [-0.1, -0.05) is 41.4 Å². The summed E-state index contributed by atoms with van der Waals surface area (Å²) in [6.45, 7) is 0.378. The van der Waals surface area contributed by atoms with E-state index in [0.29, 0.717) is 33.4 Å². The van der Waals surface area contributed by atoms with Crippen LogP contribution >= 0.6 is 23.2 Å². The first-order chi connectivity index (χ1) is 13.5. The molecule has 0 bridgehead atoms. The average molecular weight is 414 g/mol. The largest absolute Gasteiger partial charge is 0.450 e. The molecule has 3 nitrogen and oxygen atoms in total. The molecule has 0 atom stereocenters. The number of halogens is 3. The lowest BCUT2D eigenvalue weighted by atomic mass is 10.1. The highest BCUT2D eigenvalue weighted by molar-refractivity contribution is 6.35. The molecule has 0 aliphatic carbocycles. The predicted octanol–water partition coefficient (Wildman–Crippen LogP) is 6.72. The molecule has 0 fully saturated rings. The minimum Gasteiger partial charge on any atom is -0.450 e. The van der Waals surface area contributed by atoms with Gasteiger partial charge in [-0.15, -0.1) is 0 Å². The molecule has 140 valence electrons. The van der Waals surface area contributed by atoms with E-state index in [1.54, 1.807) is 18.2 Å². The number of ketones is 1. The van der Waals surface area contributed by atoms with Crippen molar-refractivity contribution in [1.29, 1.82) is 0 Å². The van der Waals surface area contributed by atoms with Gasteiger partial charge in [0, 0.05) is 27.5 Å². The second kappa shape index (κ2) is 7.66. The van der Waals surface area contributed by atoms with Gasteiger partial charge in [-0.05, 0) is 54.1 Å². The monoisotopic (exact) mass is 413 g/mol. The molecule has 4 rings (SSSR count). The number of rotatable bonds is 5. The molecule has 3 aromatic carbocycles. The van der Waals surface area contributed by atoms with Crippen LogP contribution in [0.25, 0.3) is 11.0 Å². The summed E-state index contributed by atoms with van der Waals surface area (Å²) in [5.74, 6) is -0.573. The molecule has 0 spiro atoms. The van der Waals surface area contributed by atoms with E-state index in [0.717, 1.165) is 10.9 Å². The van der Waals surface area contributed by atoms with Gasteiger partial charge in [0.15, 0.2) is 5.76 Å². The van der Waals surface area contributed by atoms with Crippen LogP contribution in [0.15, 0.2) is 71.1 Å². The van der Waals surface area contributed by atoms with Gasteiger partial charge in [-0.2, -0.15) is 0 Å². The Bertz CT molecular complexity index is 1170. The molecule has 1 N–H and O–H groups in total. The van der Waals surface area contributed by atoms with Crippen LogP contribution in [0, 0.1) is 5.82 Å². The van der Waals surface area contributed by atoms with E-state index in [9.17, 15) is 9.18 Å². The highest BCUT2D eigenvalue weighted by Gasteiger charge is 2.22. The maximum absolute atomic E-state index is 13.2. The van der Waals surface area contributed by atoms with Crippen molar-refractivity contribution in [1.82, 2.24) is 0 Å². The molecule has 0 aliphatic heterocycles. The molecule has 0 radical (unpaired) electrons. The summed E-state index contributed by atoms with van der Waals surface area (Å²) in [5.41, 5.74) is 2.32. The number of carbonyl (C=O) groups excluding carboxylic acids is 1. The number of hydrogen-bond acceptors (Lipinski definition) is 3. The summed E-state index contributed by atoms with van der Waals surface area (Å²) >= 11 is 12.2. The van der Waals surface area contributed by atoms with E-state index in [1.165, 1.54) is 24.3 Å². The summed E-state index contributed by atoms with van der Waals surface area (Å²) in [4.78, 5) is 13.0. The van der Waals surface area contributed by atoms with E-state index < -0.39 is 5.82 Å². The number of nitrogens with one attached hydrogen (secondary N) is 1. The van der Waals surface area contributed by atoms with Crippen LogP contribution in [0.2, 0.25) is 10.0 Å². The van der Waals surface area contributed by atoms with Gasteiger partial charge in [-0.3, -0.25) is 4.79 Å². The summed E-state index contributed by atoms with van der Waals surface area (Å²) in [6.07, 6.45) is 0. The van der Waals surface area contributed by atoms with Crippen molar-refractivity contribution >= 4 is 45.6 Å². The minimum atomic E-state index is -0.406. The number of furan rings is 1. The molecule has 1 aromatic heterocycles. The van der Waals surface area contributed by atoms with Crippen molar-refractivity contribution in [2.24, 2.45) is 0 Å². The van der Waals surface area contributed by atoms with Gasteiger partial charge in [0.1, 0.15) is 11.4 Å². The van der Waals surface area contributed by atoms with Crippen LogP contribution in [0.1, 0.15) is 21.7 Å². The van der Waals surface area contributed by atoms with Crippen molar-refractivity contribution in [3.8, 4) is 0 Å². The number of carbonyl (C=O) groups is 1. The highest BCUT2D eigenvalue weighted by Crippen LogP contribution is 2.33. The van der Waals surface area contributed by atoms with E-state index >= 15 is 0 Å². The molecule has 1 heterocycles. The Morgan fingerprint density at radius 1 is 1.00 bits per heavy atom. The lowest BCUT2D eigenvalue weighted by Crippen LogP contribution is -2.06. The summed E-state index contributed by atoms with van der Waals surface area (Å²) in [7, 11) is 0. The first kappa shape index (κ1) is 18.5. The fraction of sp³-hybridized carbons (Fsp3) is 0.0455. The molecule has 0 amide bonds. The van der Waals surface area contributed by atoms with Gasteiger partial charge in [0.05, 0.1) is 5.69 Å². The second-order valence-corrected chi connectivity index (χ2v) is 7.07. The van der Waals surface area contributed by atoms with Gasteiger partial charge >= 0.3 is 0 Å². The van der Waals surface area contributed by atoms with Gasteiger partial charge < -0.3 is 9.73 Å². The van der Waals surface area contributed by atoms with Crippen LogP contribution in [0.3, 0.4) is 0 Å². The number of hydrogen-bond donors (Lipinski definition) is 1. The first-order valence-electron chi connectivity index (χ1n) is 8.52. The third-order valence-corrected chi connectivity index (χ3v) is 4.97. The Kier molecular flexibility index (Phi) is 5.07. The van der Waals surface area contributed by atoms with Crippen LogP contribution < -0.4 is 5.32 Å². The maximum Gasteiger partial charge on any atom is 0.230 e. The van der Waals surface area contributed by atoms with Crippen LogP contribution in [-0.4, -0.2) is 5.78 Å². The lowest BCUT2D eigenvalue weighted by Gasteiger charge is -2.09. The Morgan fingerprint density at radius 2 is 1.75 bits per heavy atom. The molecule has 28 heavy (non-hydrogen) atoms. The quantitative estimate of drug-likeness (QED) is 0.369. The second-order valence-electron chi connectivity index (χ2n) is 6.23. The van der Waals surface area contributed by atoms with Crippen LogP contribution in [0.5, 0.6) is 0 Å². The van der Waals surface area contributed by atoms with Crippen molar-refractivity contribution in [3.05, 3.63) is 99.5 Å². The fourth-order valence-corrected chi connectivity index (χ4v) is 3.44. The molecule has 0 saturated heterocycles. The lowest BCUT2D eigenvalue weighted by molar-refractivity contribution is 0.101. The topological polar surface area (TPSA) is 42.2 Å². The summed E-state index contributed by atoms with van der Waals surface area (Å²) in [5, 5.41) is 5.11. The third kappa shape index (κ3) is 3.61. The van der Waals surface area contributed by atoms with Crippen molar-refractivity contribution in [3.63, 3.8) is 0 Å². The summed E-state index contributed by atoms with van der Waals surface area (Å²) in [6, 6.07) is 18.0. The standard InChI is InChI=1S/C22H14Cl2FNO2/c23-15-8-5-14(18(24)11-15)12-26-20-17-3-1-2-4-19(17)28-22(20)21(27)13-6-9-16(25)10-7-13/h1-11,26H,12H2. The zero-order valence-electron chi connectivity index (χ0n) is 14.5. The molecule has 0 unspecified atom stereocenters. The molecular weight excluding hydrogens is 400 g/mol. The zero-order valence-corrected chi connectivity index (χ0v) is 16.0. The minimum absolute atomic E-state index is 0.165. The smallest absolute Gasteiger partial charge is 0.230 e. The SMILES string of the molecule is O=C(c1ccc(F)cc1)c1oc2ccccc2c1NCc1ccc(Cl)cc1Cl. The molecule has 0 aliphatic rings. The maximum atomic E-state index is 13.2. The normalized spacial score (nSPS) is 11.0. The predicted molar refractivity (Wildman–Crippen MR) is 110 cm³/mol. The van der Waals surface area contributed by atoms with Crippen molar-refractivity contribution in [2.75, 3.05) is 5.32 Å². The summed E-state index contributed by atoms with van der Waals surface area (Å²) < 4.78 is 19.0. The molecular formula is C22H14Cl2FNO2. The van der Waals surface area contributed by atoms with Crippen molar-refractivity contribution in [2.45, 2.75) is 6.54 Å². The Hall–Kier alpha value is -2.82. The Labute approximate surface area is 170 Å². The third-order valence-electron chi connectivity index (χ3n) is 4.38. The number of benzene rings is 3. The average Bonchev–Trinajstić information content (AvgIpc) is 3.06.